The summed E-state index contributed by atoms with van der Waals surface area (Å²) in [5, 5.41) is 0. The lowest BCUT2D eigenvalue weighted by Gasteiger charge is -2.32. The van der Waals surface area contributed by atoms with Crippen molar-refractivity contribution in [1.29, 1.82) is 0 Å². The summed E-state index contributed by atoms with van der Waals surface area (Å²) in [6, 6.07) is 8.03. The van der Waals surface area contributed by atoms with Crippen molar-refractivity contribution in [2.24, 2.45) is 11.8 Å². The van der Waals surface area contributed by atoms with Crippen molar-refractivity contribution < 1.29 is 0 Å². The minimum absolute atomic E-state index is 0. The van der Waals surface area contributed by atoms with E-state index in [1.54, 1.807) is 37.0 Å². The molecular formula is C19H30N2S2. The fourth-order valence-corrected chi connectivity index (χ4v) is 5.18. The standard InChI is InChI=1S/C12H22.C7H5NS2.H3N/c1-3-7-11(8-4-1)12-9-5-2-6-10-12;9-7-8-5-3-1-2-4-6(5)10-7;/h11-12H,1-10H2;1-4H,(H,8,9);1H3. The van der Waals surface area contributed by atoms with Gasteiger partial charge in [0.15, 0.2) is 0 Å². The van der Waals surface area contributed by atoms with Gasteiger partial charge in [0.2, 0.25) is 0 Å². The predicted octanol–water partition coefficient (Wildman–Crippen LogP) is 6.89. The quantitative estimate of drug-likeness (QED) is 0.550. The molecule has 0 bridgehead atoms. The van der Waals surface area contributed by atoms with E-state index in [0.29, 0.717) is 0 Å². The minimum atomic E-state index is 0. The van der Waals surface area contributed by atoms with Gasteiger partial charge in [-0.15, -0.1) is 24.0 Å². The fourth-order valence-electron chi connectivity index (χ4n) is 4.07. The molecule has 2 nitrogen and oxygen atoms in total. The van der Waals surface area contributed by atoms with Crippen molar-refractivity contribution in [2.75, 3.05) is 0 Å². The lowest BCUT2D eigenvalue weighted by molar-refractivity contribution is 0.196. The van der Waals surface area contributed by atoms with Crippen LogP contribution in [0.15, 0.2) is 28.6 Å². The van der Waals surface area contributed by atoms with Crippen molar-refractivity contribution in [3.05, 3.63) is 24.3 Å². The van der Waals surface area contributed by atoms with Gasteiger partial charge in [-0.25, -0.2) is 4.98 Å². The zero-order valence-corrected chi connectivity index (χ0v) is 15.8. The van der Waals surface area contributed by atoms with Gasteiger partial charge in [-0.1, -0.05) is 76.3 Å². The van der Waals surface area contributed by atoms with Crippen LogP contribution in [-0.2, 0) is 0 Å². The van der Waals surface area contributed by atoms with E-state index >= 15 is 0 Å². The molecule has 0 aliphatic heterocycles. The highest BCUT2D eigenvalue weighted by molar-refractivity contribution is 7.82. The van der Waals surface area contributed by atoms with E-state index in [9.17, 15) is 0 Å². The molecule has 23 heavy (non-hydrogen) atoms. The Morgan fingerprint density at radius 1 is 0.826 bits per heavy atom. The summed E-state index contributed by atoms with van der Waals surface area (Å²) in [5.41, 5.74) is 1.04. The highest BCUT2D eigenvalue weighted by Gasteiger charge is 2.24. The number of fused-ring (bicyclic) bond motifs is 1. The normalized spacial score (nSPS) is 19.7. The second-order valence-corrected chi connectivity index (χ2v) is 8.52. The third kappa shape index (κ3) is 5.47. The first-order valence-electron chi connectivity index (χ1n) is 8.87. The number of nitrogens with zero attached hydrogens (tertiary/aromatic N) is 1. The van der Waals surface area contributed by atoms with Crippen LogP contribution in [0.25, 0.3) is 10.2 Å². The third-order valence-corrected chi connectivity index (χ3v) is 6.46. The minimum Gasteiger partial charge on any atom is -0.344 e. The van der Waals surface area contributed by atoms with Crippen molar-refractivity contribution in [3.63, 3.8) is 0 Å². The smallest absolute Gasteiger partial charge is 0.148 e. The van der Waals surface area contributed by atoms with Gasteiger partial charge in [0, 0.05) is 0 Å². The van der Waals surface area contributed by atoms with E-state index < -0.39 is 0 Å². The number of rotatable bonds is 1. The molecule has 0 spiro atoms. The largest absolute Gasteiger partial charge is 0.344 e. The van der Waals surface area contributed by atoms with Gasteiger partial charge in [-0.05, 0) is 24.0 Å². The van der Waals surface area contributed by atoms with Crippen LogP contribution in [0, 0.1) is 11.8 Å². The van der Waals surface area contributed by atoms with Crippen molar-refractivity contribution in [3.8, 4) is 0 Å². The SMILES string of the molecule is C1CCC(C2CCCCC2)CC1.N.Sc1nc2ccccc2s1. The van der Waals surface area contributed by atoms with Crippen LogP contribution in [0.4, 0.5) is 0 Å². The molecule has 128 valence electrons. The second-order valence-electron chi connectivity index (χ2n) is 6.76. The first kappa shape index (κ1) is 18.8. The van der Waals surface area contributed by atoms with Crippen LogP contribution in [-0.4, -0.2) is 4.98 Å². The van der Waals surface area contributed by atoms with E-state index in [1.165, 1.54) is 43.2 Å². The van der Waals surface area contributed by atoms with Crippen LogP contribution < -0.4 is 6.15 Å². The molecule has 1 aromatic carbocycles. The van der Waals surface area contributed by atoms with E-state index in [1.807, 2.05) is 24.3 Å². The second kappa shape index (κ2) is 9.65. The first-order chi connectivity index (χ1) is 10.8. The molecule has 4 rings (SSSR count). The number of aromatic nitrogens is 1. The van der Waals surface area contributed by atoms with Gasteiger partial charge in [0.25, 0.3) is 0 Å². The van der Waals surface area contributed by atoms with Crippen LogP contribution in [0.5, 0.6) is 0 Å². The van der Waals surface area contributed by atoms with Crippen molar-refractivity contribution >= 4 is 34.2 Å². The highest BCUT2D eigenvalue weighted by atomic mass is 32.2. The number of benzene rings is 1. The van der Waals surface area contributed by atoms with Crippen LogP contribution in [0.1, 0.15) is 64.2 Å². The molecule has 0 atom stereocenters. The molecule has 1 heterocycles. The Labute approximate surface area is 150 Å². The summed E-state index contributed by atoms with van der Waals surface area (Å²) in [6.07, 6.45) is 15.4. The lowest BCUT2D eigenvalue weighted by atomic mass is 9.73. The summed E-state index contributed by atoms with van der Waals surface area (Å²) in [5.74, 6) is 2.28. The number of para-hydroxylation sites is 1. The average molecular weight is 351 g/mol. The zero-order chi connectivity index (χ0) is 15.2. The van der Waals surface area contributed by atoms with E-state index in [4.69, 9.17) is 0 Å². The Morgan fingerprint density at radius 3 is 1.87 bits per heavy atom. The number of thiazole rings is 1. The van der Waals surface area contributed by atoms with E-state index in [2.05, 4.69) is 17.6 Å². The van der Waals surface area contributed by atoms with Gasteiger partial charge < -0.3 is 6.15 Å². The number of hydrogen-bond donors (Lipinski definition) is 2. The molecule has 0 amide bonds. The van der Waals surface area contributed by atoms with E-state index in [-0.39, 0.29) is 6.15 Å². The Balaban J connectivity index is 0.000000162. The Bertz CT molecular complexity index is 521. The molecule has 2 fully saturated rings. The van der Waals surface area contributed by atoms with Gasteiger partial charge in [-0.2, -0.15) is 0 Å². The van der Waals surface area contributed by atoms with Crippen molar-refractivity contribution in [2.45, 2.75) is 68.5 Å². The highest BCUT2D eigenvalue weighted by Crippen LogP contribution is 2.37. The molecule has 0 unspecified atom stereocenters. The van der Waals surface area contributed by atoms with Gasteiger partial charge in [0.05, 0.1) is 10.2 Å². The van der Waals surface area contributed by atoms with Crippen LogP contribution in [0.3, 0.4) is 0 Å². The predicted molar refractivity (Wildman–Crippen MR) is 105 cm³/mol. The van der Waals surface area contributed by atoms with E-state index in [0.717, 1.165) is 21.7 Å². The number of thiol groups is 1. The number of hydrogen-bond acceptors (Lipinski definition) is 4. The summed E-state index contributed by atoms with van der Waals surface area (Å²) in [7, 11) is 0. The summed E-state index contributed by atoms with van der Waals surface area (Å²) >= 11 is 5.76. The van der Waals surface area contributed by atoms with Crippen LogP contribution >= 0.6 is 24.0 Å². The molecule has 4 heteroatoms. The fraction of sp³-hybridized carbons (Fsp3) is 0.632. The molecule has 0 saturated heterocycles. The Hall–Kier alpha value is -0.580. The Kier molecular flexibility index (Phi) is 7.87. The zero-order valence-electron chi connectivity index (χ0n) is 14.0. The molecular weight excluding hydrogens is 320 g/mol. The maximum Gasteiger partial charge on any atom is 0.148 e. The topological polar surface area (TPSA) is 47.9 Å². The molecule has 1 aromatic heterocycles. The monoisotopic (exact) mass is 350 g/mol. The molecule has 3 N–H and O–H groups in total. The maximum absolute atomic E-state index is 4.20. The summed E-state index contributed by atoms with van der Waals surface area (Å²) < 4.78 is 2.04. The maximum atomic E-state index is 4.20. The lowest BCUT2D eigenvalue weighted by Crippen LogP contribution is -2.20. The Morgan fingerprint density at radius 2 is 1.35 bits per heavy atom. The molecule has 2 saturated carbocycles. The average Bonchev–Trinajstić information content (AvgIpc) is 2.97. The van der Waals surface area contributed by atoms with Gasteiger partial charge in [0.1, 0.15) is 4.34 Å². The van der Waals surface area contributed by atoms with Crippen molar-refractivity contribution in [1.82, 2.24) is 11.1 Å². The molecule has 2 aliphatic rings. The summed E-state index contributed by atoms with van der Waals surface area (Å²) in [4.78, 5) is 4.20. The van der Waals surface area contributed by atoms with Gasteiger partial charge in [-0.3, -0.25) is 0 Å². The molecule has 2 aliphatic carbocycles. The molecule has 0 radical (unpaired) electrons. The molecule has 2 aromatic rings. The third-order valence-electron chi connectivity index (χ3n) is 5.25. The van der Waals surface area contributed by atoms with Crippen LogP contribution in [0.2, 0.25) is 0 Å². The van der Waals surface area contributed by atoms with Gasteiger partial charge >= 0.3 is 0 Å². The summed E-state index contributed by atoms with van der Waals surface area (Å²) in [6.45, 7) is 0. The first-order valence-corrected chi connectivity index (χ1v) is 10.1.